The zero-order valence-electron chi connectivity index (χ0n) is 11.8. The van der Waals surface area contributed by atoms with Crippen LogP contribution in [0, 0.1) is 6.92 Å². The maximum atomic E-state index is 10.8. The number of thiophene rings is 1. The molecule has 0 bridgehead atoms. The summed E-state index contributed by atoms with van der Waals surface area (Å²) >= 11 is 1.46. The number of carboxylic acid groups (broad SMARTS) is 1. The lowest BCUT2D eigenvalue weighted by atomic mass is 10.1. The summed E-state index contributed by atoms with van der Waals surface area (Å²) in [5, 5.41) is 13.9. The van der Waals surface area contributed by atoms with Gasteiger partial charge >= 0.3 is 5.97 Å². The topological polar surface area (TPSA) is 52.6 Å². The van der Waals surface area contributed by atoms with Crippen molar-refractivity contribution in [2.45, 2.75) is 13.5 Å². The molecule has 0 radical (unpaired) electrons. The number of rotatable bonds is 5. The van der Waals surface area contributed by atoms with Gasteiger partial charge in [0.15, 0.2) is 0 Å². The maximum absolute atomic E-state index is 10.8. The largest absolute Gasteiger partial charge is 0.478 e. The first kappa shape index (κ1) is 14.4. The molecule has 2 N–H and O–H groups in total. The highest BCUT2D eigenvalue weighted by atomic mass is 32.1. The molecule has 0 aliphatic rings. The van der Waals surface area contributed by atoms with Gasteiger partial charge in [-0.05, 0) is 36.8 Å². The molecule has 0 amide bonds. The van der Waals surface area contributed by atoms with Gasteiger partial charge in [0.1, 0.15) is 0 Å². The monoisotopic (exact) mass is 290 g/mol. The lowest BCUT2D eigenvalue weighted by molar-refractivity contribution is 0.0697. The number of carbonyl (C=O) groups is 1. The van der Waals surface area contributed by atoms with Crippen molar-refractivity contribution in [3.05, 3.63) is 45.6 Å². The van der Waals surface area contributed by atoms with Crippen LogP contribution >= 0.6 is 11.3 Å². The van der Waals surface area contributed by atoms with Crippen molar-refractivity contribution in [2.24, 2.45) is 0 Å². The third kappa shape index (κ3) is 3.30. The van der Waals surface area contributed by atoms with Gasteiger partial charge in [-0.25, -0.2) is 4.79 Å². The standard InChI is InChI=1S/C15H18N2O2S/c1-10-6-12(17(2)3)4-5-14(10)16-8-13-7-11(9-20-13)15(18)19/h4-7,9,16H,8H2,1-3H3,(H,18,19). The summed E-state index contributed by atoms with van der Waals surface area (Å²) in [5.74, 6) is -0.876. The van der Waals surface area contributed by atoms with Crippen molar-refractivity contribution in [2.75, 3.05) is 24.3 Å². The van der Waals surface area contributed by atoms with Crippen LogP contribution in [0.1, 0.15) is 20.8 Å². The lowest BCUT2D eigenvalue weighted by Gasteiger charge is -2.15. The van der Waals surface area contributed by atoms with Gasteiger partial charge in [0.2, 0.25) is 0 Å². The fourth-order valence-electron chi connectivity index (χ4n) is 1.89. The predicted octanol–water partition coefficient (Wildman–Crippen LogP) is 3.43. The van der Waals surface area contributed by atoms with Crippen LogP contribution < -0.4 is 10.2 Å². The van der Waals surface area contributed by atoms with Crippen LogP contribution in [0.2, 0.25) is 0 Å². The van der Waals surface area contributed by atoms with Gasteiger partial charge in [-0.15, -0.1) is 11.3 Å². The molecular weight excluding hydrogens is 272 g/mol. The van der Waals surface area contributed by atoms with Crippen molar-refractivity contribution in [1.29, 1.82) is 0 Å². The summed E-state index contributed by atoms with van der Waals surface area (Å²) in [6.45, 7) is 2.70. The van der Waals surface area contributed by atoms with Crippen molar-refractivity contribution in [1.82, 2.24) is 0 Å². The Morgan fingerprint density at radius 3 is 2.65 bits per heavy atom. The number of anilines is 2. The van der Waals surface area contributed by atoms with E-state index >= 15 is 0 Å². The summed E-state index contributed by atoms with van der Waals surface area (Å²) in [5.41, 5.74) is 3.76. The second kappa shape index (κ2) is 5.96. The molecule has 0 saturated carbocycles. The first-order chi connectivity index (χ1) is 9.47. The quantitative estimate of drug-likeness (QED) is 0.886. The molecule has 4 nitrogen and oxygen atoms in total. The Bertz CT molecular complexity index is 620. The minimum Gasteiger partial charge on any atom is -0.478 e. The number of carboxylic acids is 1. The summed E-state index contributed by atoms with van der Waals surface area (Å²) < 4.78 is 0. The highest BCUT2D eigenvalue weighted by Crippen LogP contribution is 2.23. The Labute approximate surface area is 122 Å². The zero-order chi connectivity index (χ0) is 14.7. The second-order valence-corrected chi connectivity index (χ2v) is 5.85. The van der Waals surface area contributed by atoms with E-state index in [1.807, 2.05) is 14.1 Å². The van der Waals surface area contributed by atoms with Gasteiger partial charge in [0, 0.05) is 42.3 Å². The number of benzene rings is 1. The highest BCUT2D eigenvalue weighted by Gasteiger charge is 2.07. The Balaban J connectivity index is 2.05. The third-order valence-electron chi connectivity index (χ3n) is 3.08. The summed E-state index contributed by atoms with van der Waals surface area (Å²) in [4.78, 5) is 13.9. The molecule has 0 spiro atoms. The maximum Gasteiger partial charge on any atom is 0.336 e. The van der Waals surface area contributed by atoms with Crippen LogP contribution in [-0.2, 0) is 6.54 Å². The minimum atomic E-state index is -0.876. The highest BCUT2D eigenvalue weighted by molar-refractivity contribution is 7.10. The van der Waals surface area contributed by atoms with Crippen LogP contribution in [0.5, 0.6) is 0 Å². The van der Waals surface area contributed by atoms with Crippen molar-refractivity contribution >= 4 is 28.7 Å². The number of aromatic carboxylic acids is 1. The van der Waals surface area contributed by atoms with Crippen molar-refractivity contribution in [3.63, 3.8) is 0 Å². The number of aryl methyl sites for hydroxylation is 1. The summed E-state index contributed by atoms with van der Waals surface area (Å²) in [6.07, 6.45) is 0. The van der Waals surface area contributed by atoms with Gasteiger partial charge < -0.3 is 15.3 Å². The molecule has 2 rings (SSSR count). The van der Waals surface area contributed by atoms with E-state index in [0.717, 1.165) is 16.3 Å². The smallest absolute Gasteiger partial charge is 0.336 e. The number of nitrogens with one attached hydrogen (secondary N) is 1. The summed E-state index contributed by atoms with van der Waals surface area (Å²) in [7, 11) is 4.03. The van der Waals surface area contributed by atoms with Gasteiger partial charge in [0.25, 0.3) is 0 Å². The molecule has 0 saturated heterocycles. The van der Waals surface area contributed by atoms with E-state index in [1.165, 1.54) is 16.9 Å². The molecule has 1 aromatic carbocycles. The summed E-state index contributed by atoms with van der Waals surface area (Å²) in [6, 6.07) is 7.95. The fraction of sp³-hybridized carbons (Fsp3) is 0.267. The number of nitrogens with zero attached hydrogens (tertiary/aromatic N) is 1. The molecule has 0 unspecified atom stereocenters. The fourth-order valence-corrected chi connectivity index (χ4v) is 2.69. The van der Waals surface area contributed by atoms with Gasteiger partial charge in [-0.2, -0.15) is 0 Å². The van der Waals surface area contributed by atoms with Crippen LogP contribution in [0.25, 0.3) is 0 Å². The van der Waals surface area contributed by atoms with Gasteiger partial charge in [0.05, 0.1) is 5.56 Å². The van der Waals surface area contributed by atoms with Crippen LogP contribution in [0.4, 0.5) is 11.4 Å². The predicted molar refractivity (Wildman–Crippen MR) is 84.1 cm³/mol. The second-order valence-electron chi connectivity index (χ2n) is 4.85. The van der Waals surface area contributed by atoms with E-state index in [2.05, 4.69) is 35.3 Å². The van der Waals surface area contributed by atoms with E-state index in [-0.39, 0.29) is 0 Å². The first-order valence-electron chi connectivity index (χ1n) is 6.30. The third-order valence-corrected chi connectivity index (χ3v) is 4.02. The lowest BCUT2D eigenvalue weighted by Crippen LogP contribution is -2.09. The first-order valence-corrected chi connectivity index (χ1v) is 7.18. The number of hydrogen-bond acceptors (Lipinski definition) is 4. The van der Waals surface area contributed by atoms with Crippen molar-refractivity contribution < 1.29 is 9.90 Å². The Morgan fingerprint density at radius 2 is 2.10 bits per heavy atom. The average Bonchev–Trinajstić information content (AvgIpc) is 2.86. The zero-order valence-corrected chi connectivity index (χ0v) is 12.6. The van der Waals surface area contributed by atoms with Crippen LogP contribution in [-0.4, -0.2) is 25.2 Å². The normalized spacial score (nSPS) is 10.3. The molecule has 106 valence electrons. The van der Waals surface area contributed by atoms with E-state index in [1.54, 1.807) is 11.4 Å². The van der Waals surface area contributed by atoms with Crippen LogP contribution in [0.15, 0.2) is 29.6 Å². The Hall–Kier alpha value is -2.01. The molecule has 5 heteroatoms. The molecule has 2 aromatic rings. The molecule has 1 heterocycles. The van der Waals surface area contributed by atoms with E-state index in [4.69, 9.17) is 5.11 Å². The minimum absolute atomic E-state index is 0.353. The Kier molecular flexibility index (Phi) is 4.29. The van der Waals surface area contributed by atoms with E-state index < -0.39 is 5.97 Å². The average molecular weight is 290 g/mol. The molecule has 0 aliphatic heterocycles. The number of hydrogen-bond donors (Lipinski definition) is 2. The van der Waals surface area contributed by atoms with Crippen LogP contribution in [0.3, 0.4) is 0 Å². The van der Waals surface area contributed by atoms with Gasteiger partial charge in [-0.1, -0.05) is 0 Å². The van der Waals surface area contributed by atoms with E-state index in [9.17, 15) is 4.79 Å². The van der Waals surface area contributed by atoms with Crippen molar-refractivity contribution in [3.8, 4) is 0 Å². The van der Waals surface area contributed by atoms with Gasteiger partial charge in [-0.3, -0.25) is 0 Å². The molecule has 20 heavy (non-hydrogen) atoms. The van der Waals surface area contributed by atoms with E-state index in [0.29, 0.717) is 12.1 Å². The Morgan fingerprint density at radius 1 is 1.35 bits per heavy atom. The molecule has 0 aliphatic carbocycles. The molecule has 0 atom stereocenters. The molecular formula is C15H18N2O2S. The molecule has 0 fully saturated rings. The SMILES string of the molecule is Cc1cc(N(C)C)ccc1NCc1cc(C(=O)O)cs1. The molecule has 1 aromatic heterocycles.